The lowest BCUT2D eigenvalue weighted by molar-refractivity contribution is 0.483. The van der Waals surface area contributed by atoms with E-state index in [0.717, 1.165) is 46.7 Å². The fourth-order valence-electron chi connectivity index (χ4n) is 3.75. The van der Waals surface area contributed by atoms with Crippen molar-refractivity contribution in [2.75, 3.05) is 23.8 Å². The first-order chi connectivity index (χ1) is 13.8. The van der Waals surface area contributed by atoms with Gasteiger partial charge < -0.3 is 15.5 Å². The van der Waals surface area contributed by atoms with Gasteiger partial charge in [-0.25, -0.2) is 14.6 Å². The van der Waals surface area contributed by atoms with E-state index >= 15 is 0 Å². The van der Waals surface area contributed by atoms with Crippen molar-refractivity contribution >= 4 is 41.7 Å². The quantitative estimate of drug-likeness (QED) is 0.477. The third-order valence-electron chi connectivity index (χ3n) is 5.13. The van der Waals surface area contributed by atoms with Crippen LogP contribution in [0.1, 0.15) is 12.8 Å². The van der Waals surface area contributed by atoms with Gasteiger partial charge >= 0.3 is 0 Å². The zero-order valence-electron chi connectivity index (χ0n) is 16.3. The number of benzene rings is 2. The molecule has 2 aromatic carbocycles. The molecule has 0 amide bonds. The third-order valence-corrected chi connectivity index (χ3v) is 5.13. The molecule has 156 valence electrons. The van der Waals surface area contributed by atoms with Gasteiger partial charge in [-0.1, -0.05) is 30.3 Å². The maximum atomic E-state index is 6.23. The van der Waals surface area contributed by atoms with Gasteiger partial charge in [0, 0.05) is 24.8 Å². The van der Waals surface area contributed by atoms with Gasteiger partial charge in [-0.15, -0.1) is 24.8 Å². The summed E-state index contributed by atoms with van der Waals surface area (Å²) in [6.45, 7) is 2.05. The predicted molar refractivity (Wildman–Crippen MR) is 126 cm³/mol. The standard InChI is InChI=1S/C22H21N5O.2ClH/c23-21-20-19(14-27(22(20)25-15-24-21)26-12-4-5-13-26)16-8-10-18(11-9-16)28-17-6-2-1-3-7-17;;/h1-3,6-11,14-15H,4-5,12-13H2,(H2,23,24,25);2*1H. The number of nitrogens with two attached hydrogens (primary N) is 1. The maximum Gasteiger partial charge on any atom is 0.164 e. The molecule has 0 spiro atoms. The van der Waals surface area contributed by atoms with Crippen LogP contribution in [0.3, 0.4) is 0 Å². The summed E-state index contributed by atoms with van der Waals surface area (Å²) in [6, 6.07) is 17.8. The second-order valence-electron chi connectivity index (χ2n) is 6.95. The molecule has 0 bridgehead atoms. The molecule has 1 aliphatic heterocycles. The van der Waals surface area contributed by atoms with Crippen LogP contribution < -0.4 is 15.5 Å². The van der Waals surface area contributed by atoms with E-state index in [9.17, 15) is 0 Å². The summed E-state index contributed by atoms with van der Waals surface area (Å²) in [5, 5.41) is 3.21. The van der Waals surface area contributed by atoms with Crippen LogP contribution in [-0.2, 0) is 0 Å². The molecule has 0 radical (unpaired) electrons. The van der Waals surface area contributed by atoms with E-state index in [-0.39, 0.29) is 24.8 Å². The largest absolute Gasteiger partial charge is 0.457 e. The number of anilines is 1. The summed E-state index contributed by atoms with van der Waals surface area (Å²) in [4.78, 5) is 8.73. The molecule has 4 aromatic rings. The van der Waals surface area contributed by atoms with Gasteiger partial charge in [0.25, 0.3) is 0 Å². The first-order valence-corrected chi connectivity index (χ1v) is 9.50. The zero-order valence-corrected chi connectivity index (χ0v) is 17.9. The van der Waals surface area contributed by atoms with Crippen LogP contribution in [-0.4, -0.2) is 27.7 Å². The Morgan fingerprint density at radius 2 is 1.50 bits per heavy atom. The summed E-state index contributed by atoms with van der Waals surface area (Å²) < 4.78 is 8.03. The van der Waals surface area contributed by atoms with Crippen LogP contribution in [0.15, 0.2) is 67.1 Å². The molecule has 30 heavy (non-hydrogen) atoms. The predicted octanol–water partition coefficient (Wildman–Crippen LogP) is 5.05. The van der Waals surface area contributed by atoms with Crippen LogP contribution in [0.4, 0.5) is 5.82 Å². The lowest BCUT2D eigenvalue weighted by atomic mass is 10.1. The number of nitrogens with zero attached hydrogens (tertiary/aromatic N) is 4. The van der Waals surface area contributed by atoms with E-state index in [1.807, 2.05) is 54.6 Å². The summed E-state index contributed by atoms with van der Waals surface area (Å²) in [5.74, 6) is 2.11. The molecule has 1 aliphatic rings. The Bertz CT molecular complexity index is 1110. The minimum atomic E-state index is 0. The highest BCUT2D eigenvalue weighted by molar-refractivity contribution is 6.00. The third kappa shape index (κ3) is 4.01. The zero-order chi connectivity index (χ0) is 18.9. The molecule has 6 nitrogen and oxygen atoms in total. The number of hydrogen-bond donors (Lipinski definition) is 1. The number of para-hydroxylation sites is 1. The number of fused-ring (bicyclic) bond motifs is 1. The fourth-order valence-corrected chi connectivity index (χ4v) is 3.75. The molecule has 0 aliphatic carbocycles. The van der Waals surface area contributed by atoms with Crippen LogP contribution >= 0.6 is 24.8 Å². The lowest BCUT2D eigenvalue weighted by Gasteiger charge is -2.19. The maximum absolute atomic E-state index is 6.23. The average Bonchev–Trinajstić information content (AvgIpc) is 3.38. The molecule has 0 unspecified atom stereocenters. The number of halogens is 2. The molecule has 5 rings (SSSR count). The monoisotopic (exact) mass is 443 g/mol. The first-order valence-electron chi connectivity index (χ1n) is 9.50. The second kappa shape index (κ2) is 9.24. The Morgan fingerprint density at radius 1 is 0.833 bits per heavy atom. The minimum Gasteiger partial charge on any atom is -0.457 e. The van der Waals surface area contributed by atoms with E-state index in [2.05, 4.69) is 25.8 Å². The van der Waals surface area contributed by atoms with Crippen molar-refractivity contribution < 1.29 is 4.74 Å². The Hall–Kier alpha value is -2.96. The van der Waals surface area contributed by atoms with Gasteiger partial charge in [0.15, 0.2) is 5.65 Å². The molecule has 3 heterocycles. The van der Waals surface area contributed by atoms with Gasteiger partial charge in [-0.3, -0.25) is 0 Å². The van der Waals surface area contributed by atoms with Crippen molar-refractivity contribution in [2.24, 2.45) is 0 Å². The second-order valence-corrected chi connectivity index (χ2v) is 6.95. The number of aromatic nitrogens is 3. The normalized spacial score (nSPS) is 13.0. The molecular formula is C22H23Cl2N5O. The summed E-state index contributed by atoms with van der Waals surface area (Å²) in [6.07, 6.45) is 6.04. The molecule has 1 saturated heterocycles. The molecule has 2 aromatic heterocycles. The molecular weight excluding hydrogens is 421 g/mol. The lowest BCUT2D eigenvalue weighted by Crippen LogP contribution is -2.30. The Balaban J connectivity index is 0.00000128. The van der Waals surface area contributed by atoms with Crippen molar-refractivity contribution in [1.82, 2.24) is 14.6 Å². The van der Waals surface area contributed by atoms with E-state index in [4.69, 9.17) is 10.5 Å². The van der Waals surface area contributed by atoms with Crippen molar-refractivity contribution in [3.05, 3.63) is 67.1 Å². The van der Waals surface area contributed by atoms with Gasteiger partial charge in [0.05, 0.1) is 5.39 Å². The highest BCUT2D eigenvalue weighted by Crippen LogP contribution is 2.34. The number of rotatable bonds is 4. The minimum absolute atomic E-state index is 0. The van der Waals surface area contributed by atoms with E-state index in [1.165, 1.54) is 19.2 Å². The fraction of sp³-hybridized carbons (Fsp3) is 0.182. The Kier molecular flexibility index (Phi) is 6.70. The smallest absolute Gasteiger partial charge is 0.164 e. The van der Waals surface area contributed by atoms with Crippen molar-refractivity contribution in [3.8, 4) is 22.6 Å². The first kappa shape index (κ1) is 21.7. The SMILES string of the molecule is Cl.Cl.Nc1ncnc2c1c(-c1ccc(Oc3ccccc3)cc1)cn2N1CCCC1. The molecule has 0 saturated carbocycles. The average molecular weight is 444 g/mol. The van der Waals surface area contributed by atoms with Gasteiger partial charge in [0.1, 0.15) is 23.6 Å². The highest BCUT2D eigenvalue weighted by Gasteiger charge is 2.20. The molecule has 1 fully saturated rings. The van der Waals surface area contributed by atoms with Crippen molar-refractivity contribution in [3.63, 3.8) is 0 Å². The van der Waals surface area contributed by atoms with Crippen molar-refractivity contribution in [1.29, 1.82) is 0 Å². The topological polar surface area (TPSA) is 69.2 Å². The molecule has 0 atom stereocenters. The molecule has 8 heteroatoms. The van der Waals surface area contributed by atoms with Crippen LogP contribution in [0, 0.1) is 0 Å². The van der Waals surface area contributed by atoms with Crippen LogP contribution in [0.25, 0.3) is 22.2 Å². The van der Waals surface area contributed by atoms with Crippen LogP contribution in [0.5, 0.6) is 11.5 Å². The number of nitrogen functional groups attached to an aromatic ring is 1. The number of ether oxygens (including phenoxy) is 1. The Morgan fingerprint density at radius 3 is 2.20 bits per heavy atom. The summed E-state index contributed by atoms with van der Waals surface area (Å²) >= 11 is 0. The van der Waals surface area contributed by atoms with Gasteiger partial charge in [-0.05, 0) is 42.7 Å². The van der Waals surface area contributed by atoms with Crippen molar-refractivity contribution in [2.45, 2.75) is 12.8 Å². The van der Waals surface area contributed by atoms with Crippen LogP contribution in [0.2, 0.25) is 0 Å². The van der Waals surface area contributed by atoms with E-state index < -0.39 is 0 Å². The molecule has 2 N–H and O–H groups in total. The highest BCUT2D eigenvalue weighted by atomic mass is 35.5. The van der Waals surface area contributed by atoms with E-state index in [1.54, 1.807) is 0 Å². The summed E-state index contributed by atoms with van der Waals surface area (Å²) in [5.41, 5.74) is 9.18. The van der Waals surface area contributed by atoms with E-state index in [0.29, 0.717) is 5.82 Å². The Labute approximate surface area is 187 Å². The number of hydrogen-bond acceptors (Lipinski definition) is 5. The summed E-state index contributed by atoms with van der Waals surface area (Å²) in [7, 11) is 0. The van der Waals surface area contributed by atoms with Gasteiger partial charge in [-0.2, -0.15) is 0 Å². The van der Waals surface area contributed by atoms with Gasteiger partial charge in [0.2, 0.25) is 0 Å².